The van der Waals surface area contributed by atoms with Gasteiger partial charge in [0.1, 0.15) is 11.9 Å². The van der Waals surface area contributed by atoms with Crippen molar-refractivity contribution >= 4 is 23.3 Å². The molecule has 144 valence electrons. The number of Topliss-reactive ketones (excluding diaryl/α,β-unsaturated/α-hetero) is 1. The van der Waals surface area contributed by atoms with E-state index >= 15 is 0 Å². The van der Waals surface area contributed by atoms with Crippen molar-refractivity contribution in [2.75, 3.05) is 42.6 Å². The molecule has 0 spiro atoms. The molecule has 0 atom stereocenters. The van der Waals surface area contributed by atoms with E-state index in [-0.39, 0.29) is 11.8 Å². The molecule has 0 N–H and O–H groups in total. The lowest BCUT2D eigenvalue weighted by Crippen LogP contribution is -2.47. The number of ether oxygens (including phenoxy) is 1. The van der Waals surface area contributed by atoms with Crippen molar-refractivity contribution in [2.24, 2.45) is 0 Å². The molecule has 1 saturated heterocycles. The Morgan fingerprint density at radius 2 is 1.79 bits per heavy atom. The summed E-state index contributed by atoms with van der Waals surface area (Å²) in [4.78, 5) is 32.1. The SMILES string of the molecule is CCOC(=O)c1ccc(N2CCN(c3cc(C(C)=O)ccc3C#N)CC2)nc1. The van der Waals surface area contributed by atoms with Crippen LogP contribution in [-0.4, -0.2) is 49.5 Å². The fourth-order valence-corrected chi connectivity index (χ4v) is 3.19. The maximum absolute atomic E-state index is 11.7. The Balaban J connectivity index is 1.70. The first kappa shape index (κ1) is 19.4. The first-order valence-corrected chi connectivity index (χ1v) is 9.21. The molecule has 2 heterocycles. The molecule has 0 unspecified atom stereocenters. The number of hydrogen-bond acceptors (Lipinski definition) is 7. The van der Waals surface area contributed by atoms with Crippen molar-refractivity contribution < 1.29 is 14.3 Å². The van der Waals surface area contributed by atoms with Crippen molar-refractivity contribution in [3.05, 3.63) is 53.2 Å². The molecule has 7 heteroatoms. The van der Waals surface area contributed by atoms with Crippen molar-refractivity contribution in [3.8, 4) is 6.07 Å². The molecule has 1 aliphatic heterocycles. The highest BCUT2D eigenvalue weighted by Crippen LogP contribution is 2.25. The summed E-state index contributed by atoms with van der Waals surface area (Å²) >= 11 is 0. The smallest absolute Gasteiger partial charge is 0.339 e. The summed E-state index contributed by atoms with van der Waals surface area (Å²) in [6.45, 7) is 6.48. The fraction of sp³-hybridized carbons (Fsp3) is 0.333. The number of hydrogen-bond donors (Lipinski definition) is 0. The van der Waals surface area contributed by atoms with Crippen molar-refractivity contribution in [2.45, 2.75) is 13.8 Å². The number of anilines is 2. The second kappa shape index (κ2) is 8.53. The molecule has 28 heavy (non-hydrogen) atoms. The zero-order valence-electron chi connectivity index (χ0n) is 16.0. The third-order valence-electron chi connectivity index (χ3n) is 4.73. The number of aromatic nitrogens is 1. The van der Waals surface area contributed by atoms with Crippen LogP contribution in [0.3, 0.4) is 0 Å². The molecule has 0 radical (unpaired) electrons. The summed E-state index contributed by atoms with van der Waals surface area (Å²) < 4.78 is 4.98. The number of benzene rings is 1. The Morgan fingerprint density at radius 1 is 1.11 bits per heavy atom. The van der Waals surface area contributed by atoms with Crippen LogP contribution in [0.2, 0.25) is 0 Å². The zero-order chi connectivity index (χ0) is 20.1. The minimum absolute atomic E-state index is 0.0183. The Kier molecular flexibility index (Phi) is 5.90. The van der Waals surface area contributed by atoms with Gasteiger partial charge in [0.15, 0.2) is 5.78 Å². The van der Waals surface area contributed by atoms with Gasteiger partial charge in [-0.25, -0.2) is 9.78 Å². The second-order valence-electron chi connectivity index (χ2n) is 6.50. The number of pyridine rings is 1. The standard InChI is InChI=1S/C21H22N4O3/c1-3-28-21(27)18-6-7-20(23-14-18)25-10-8-24(9-11-25)19-12-16(15(2)26)4-5-17(19)13-22/h4-7,12,14H,3,8-11H2,1-2H3. The van der Waals surface area contributed by atoms with Crippen LogP contribution in [-0.2, 0) is 4.74 Å². The van der Waals surface area contributed by atoms with E-state index < -0.39 is 0 Å². The third kappa shape index (κ3) is 4.12. The lowest BCUT2D eigenvalue weighted by atomic mass is 10.1. The summed E-state index contributed by atoms with van der Waals surface area (Å²) in [6, 6.07) is 10.9. The molecule has 7 nitrogen and oxygen atoms in total. The van der Waals surface area contributed by atoms with E-state index in [2.05, 4.69) is 20.9 Å². The van der Waals surface area contributed by atoms with Gasteiger partial charge in [-0.3, -0.25) is 4.79 Å². The van der Waals surface area contributed by atoms with E-state index in [1.54, 1.807) is 31.2 Å². The van der Waals surface area contributed by atoms with Gasteiger partial charge in [0.25, 0.3) is 0 Å². The topological polar surface area (TPSA) is 86.5 Å². The van der Waals surface area contributed by atoms with E-state index in [0.717, 1.165) is 24.6 Å². The van der Waals surface area contributed by atoms with Crippen molar-refractivity contribution in [1.82, 2.24) is 4.98 Å². The highest BCUT2D eigenvalue weighted by molar-refractivity contribution is 5.95. The summed E-state index contributed by atoms with van der Waals surface area (Å²) in [5, 5.41) is 9.40. The van der Waals surface area contributed by atoms with E-state index in [4.69, 9.17) is 4.74 Å². The number of esters is 1. The molecule has 1 fully saturated rings. The minimum atomic E-state index is -0.374. The Morgan fingerprint density at radius 3 is 2.36 bits per heavy atom. The first-order chi connectivity index (χ1) is 13.5. The van der Waals surface area contributed by atoms with Gasteiger partial charge >= 0.3 is 5.97 Å². The molecule has 0 aliphatic carbocycles. The maximum atomic E-state index is 11.7. The van der Waals surface area contributed by atoms with Crippen LogP contribution in [0, 0.1) is 11.3 Å². The summed E-state index contributed by atoms with van der Waals surface area (Å²) in [5.41, 5.74) is 2.40. The van der Waals surface area contributed by atoms with Crippen molar-refractivity contribution in [3.63, 3.8) is 0 Å². The molecule has 0 bridgehead atoms. The number of carbonyl (C=O) groups excluding carboxylic acids is 2. The molecule has 1 aromatic carbocycles. The molecule has 0 amide bonds. The Hall–Kier alpha value is -3.40. The summed E-state index contributed by atoms with van der Waals surface area (Å²) in [5.74, 6) is 0.404. The van der Waals surface area contributed by atoms with Gasteiger partial charge < -0.3 is 14.5 Å². The van der Waals surface area contributed by atoms with E-state index in [1.165, 1.54) is 13.1 Å². The van der Waals surface area contributed by atoms with Gasteiger partial charge in [-0.15, -0.1) is 0 Å². The molecular formula is C21H22N4O3. The monoisotopic (exact) mass is 378 g/mol. The highest BCUT2D eigenvalue weighted by atomic mass is 16.5. The predicted molar refractivity (Wildman–Crippen MR) is 106 cm³/mol. The normalized spacial score (nSPS) is 13.8. The van der Waals surface area contributed by atoms with Gasteiger partial charge in [-0.1, -0.05) is 0 Å². The molecule has 1 aromatic heterocycles. The third-order valence-corrected chi connectivity index (χ3v) is 4.73. The molecule has 3 rings (SSSR count). The molecule has 2 aromatic rings. The van der Waals surface area contributed by atoms with E-state index in [1.807, 2.05) is 6.07 Å². The van der Waals surface area contributed by atoms with Gasteiger partial charge in [0, 0.05) is 37.9 Å². The van der Waals surface area contributed by atoms with Crippen LogP contribution in [0.4, 0.5) is 11.5 Å². The lowest BCUT2D eigenvalue weighted by Gasteiger charge is -2.37. The van der Waals surface area contributed by atoms with Crippen LogP contribution >= 0.6 is 0 Å². The quantitative estimate of drug-likeness (QED) is 0.584. The van der Waals surface area contributed by atoms with Crippen LogP contribution in [0.5, 0.6) is 0 Å². The fourth-order valence-electron chi connectivity index (χ4n) is 3.19. The highest BCUT2D eigenvalue weighted by Gasteiger charge is 2.21. The second-order valence-corrected chi connectivity index (χ2v) is 6.50. The number of nitrogens with zero attached hydrogens (tertiary/aromatic N) is 4. The molecule has 1 aliphatic rings. The Bertz CT molecular complexity index is 910. The number of ketones is 1. The number of nitriles is 1. The molecule has 0 saturated carbocycles. The van der Waals surface area contributed by atoms with Gasteiger partial charge in [0.2, 0.25) is 0 Å². The van der Waals surface area contributed by atoms with E-state index in [9.17, 15) is 14.9 Å². The van der Waals surface area contributed by atoms with Crippen LogP contribution in [0.25, 0.3) is 0 Å². The van der Waals surface area contributed by atoms with Crippen molar-refractivity contribution in [1.29, 1.82) is 5.26 Å². The average molecular weight is 378 g/mol. The first-order valence-electron chi connectivity index (χ1n) is 9.21. The number of carbonyl (C=O) groups is 2. The Labute approximate surface area is 164 Å². The van der Waals surface area contributed by atoms with Crippen LogP contribution < -0.4 is 9.80 Å². The lowest BCUT2D eigenvalue weighted by molar-refractivity contribution is 0.0525. The number of rotatable bonds is 5. The van der Waals surface area contributed by atoms with Crippen LogP contribution in [0.15, 0.2) is 36.5 Å². The minimum Gasteiger partial charge on any atom is -0.462 e. The van der Waals surface area contributed by atoms with Gasteiger partial charge in [0.05, 0.1) is 23.4 Å². The molecular weight excluding hydrogens is 356 g/mol. The zero-order valence-corrected chi connectivity index (χ0v) is 16.0. The maximum Gasteiger partial charge on any atom is 0.339 e. The summed E-state index contributed by atoms with van der Waals surface area (Å²) in [7, 11) is 0. The average Bonchev–Trinajstić information content (AvgIpc) is 2.73. The number of piperazine rings is 1. The van der Waals surface area contributed by atoms with Gasteiger partial charge in [-0.2, -0.15) is 5.26 Å². The van der Waals surface area contributed by atoms with Gasteiger partial charge in [-0.05, 0) is 44.2 Å². The predicted octanol–water partition coefficient (Wildman–Crippen LogP) is 2.66. The van der Waals surface area contributed by atoms with Crippen LogP contribution in [0.1, 0.15) is 40.1 Å². The van der Waals surface area contributed by atoms with E-state index in [0.29, 0.717) is 36.4 Å². The summed E-state index contributed by atoms with van der Waals surface area (Å²) in [6.07, 6.45) is 1.53. The largest absolute Gasteiger partial charge is 0.462 e.